The fourth-order valence-corrected chi connectivity index (χ4v) is 2.31. The number of carbonyl (C=O) groups excluding carboxylic acids is 2. The van der Waals surface area contributed by atoms with E-state index in [1.54, 1.807) is 24.3 Å². The average Bonchev–Trinajstić information content (AvgIpc) is 2.62. The van der Waals surface area contributed by atoms with E-state index in [0.29, 0.717) is 17.5 Å². The van der Waals surface area contributed by atoms with Crippen LogP contribution in [0.25, 0.3) is 0 Å². The average molecular weight is 254 g/mol. The molecule has 0 fully saturated rings. The fourth-order valence-electron chi connectivity index (χ4n) is 2.31. The first-order valence-corrected chi connectivity index (χ1v) is 6.48. The molecule has 0 amide bonds. The third-order valence-electron chi connectivity index (χ3n) is 3.38. The predicted octanol–water partition coefficient (Wildman–Crippen LogP) is 3.98. The van der Waals surface area contributed by atoms with Crippen LogP contribution in [0.5, 0.6) is 0 Å². The Labute approximate surface area is 113 Å². The van der Waals surface area contributed by atoms with Crippen LogP contribution in [-0.4, -0.2) is 11.6 Å². The first kappa shape index (κ1) is 13.5. The number of ketones is 2. The Hall–Kier alpha value is -1.96. The van der Waals surface area contributed by atoms with E-state index in [1.165, 1.54) is 5.57 Å². The zero-order valence-corrected chi connectivity index (χ0v) is 11.4. The van der Waals surface area contributed by atoms with Crippen molar-refractivity contribution < 1.29 is 9.59 Å². The van der Waals surface area contributed by atoms with Crippen LogP contribution in [0.15, 0.2) is 48.1 Å². The summed E-state index contributed by atoms with van der Waals surface area (Å²) in [5, 5.41) is 0. The van der Waals surface area contributed by atoms with Gasteiger partial charge in [0.05, 0.1) is 5.92 Å². The number of allylic oxidation sites excluding steroid dienone is 3. The first-order chi connectivity index (χ1) is 9.00. The van der Waals surface area contributed by atoms with Gasteiger partial charge in [0.2, 0.25) is 0 Å². The van der Waals surface area contributed by atoms with Crippen molar-refractivity contribution in [2.24, 2.45) is 5.92 Å². The smallest absolute Gasteiger partial charge is 0.174 e. The summed E-state index contributed by atoms with van der Waals surface area (Å²) >= 11 is 0. The van der Waals surface area contributed by atoms with Gasteiger partial charge < -0.3 is 0 Å². The molecule has 0 bridgehead atoms. The number of benzene rings is 1. The Morgan fingerprint density at radius 3 is 2.16 bits per heavy atom. The lowest BCUT2D eigenvalue weighted by molar-refractivity contribution is 0.0838. The third-order valence-corrected chi connectivity index (χ3v) is 3.38. The van der Waals surface area contributed by atoms with Crippen molar-refractivity contribution >= 4 is 11.6 Å². The molecule has 1 aromatic carbocycles. The maximum atomic E-state index is 12.2. The molecule has 0 saturated heterocycles. The van der Waals surface area contributed by atoms with Crippen LogP contribution in [0.1, 0.15) is 47.4 Å². The molecule has 1 aliphatic carbocycles. The van der Waals surface area contributed by atoms with Crippen molar-refractivity contribution in [3.05, 3.63) is 59.2 Å². The van der Waals surface area contributed by atoms with E-state index in [0.717, 1.165) is 12.0 Å². The molecular weight excluding hydrogens is 236 g/mol. The largest absolute Gasteiger partial charge is 0.293 e. The summed E-state index contributed by atoms with van der Waals surface area (Å²) in [4.78, 5) is 24.4. The number of hydrogen-bond donors (Lipinski definition) is 0. The van der Waals surface area contributed by atoms with Gasteiger partial charge in [-0.2, -0.15) is 0 Å². The monoisotopic (exact) mass is 254 g/mol. The zero-order valence-electron chi connectivity index (χ0n) is 11.4. The fraction of sp³-hybridized carbons (Fsp3) is 0.294. The Morgan fingerprint density at radius 2 is 1.68 bits per heavy atom. The summed E-state index contributed by atoms with van der Waals surface area (Å²) < 4.78 is 0. The van der Waals surface area contributed by atoms with Crippen molar-refractivity contribution in [1.29, 1.82) is 0 Å². The van der Waals surface area contributed by atoms with Crippen LogP contribution < -0.4 is 0 Å². The molecule has 0 unspecified atom stereocenters. The van der Waals surface area contributed by atoms with Gasteiger partial charge in [0.25, 0.3) is 0 Å². The highest BCUT2D eigenvalue weighted by Crippen LogP contribution is 2.31. The topological polar surface area (TPSA) is 34.1 Å². The quantitative estimate of drug-likeness (QED) is 0.601. The highest BCUT2D eigenvalue weighted by Gasteiger charge is 2.37. The highest BCUT2D eigenvalue weighted by atomic mass is 16.2. The van der Waals surface area contributed by atoms with E-state index in [-0.39, 0.29) is 11.6 Å². The first-order valence-electron chi connectivity index (χ1n) is 6.48. The molecule has 0 N–H and O–H groups in total. The lowest BCUT2D eigenvalue weighted by Gasteiger charge is -2.08. The lowest BCUT2D eigenvalue weighted by Crippen LogP contribution is -2.15. The summed E-state index contributed by atoms with van der Waals surface area (Å²) in [6.45, 7) is 8.02. The SMILES string of the molecule is C=C(CC=C(C)C)CC1C(=O)c2ccccc2C1=O. The molecule has 98 valence electrons. The van der Waals surface area contributed by atoms with Crippen LogP contribution in [0.3, 0.4) is 0 Å². The van der Waals surface area contributed by atoms with Gasteiger partial charge in [0.15, 0.2) is 11.6 Å². The van der Waals surface area contributed by atoms with E-state index in [4.69, 9.17) is 0 Å². The summed E-state index contributed by atoms with van der Waals surface area (Å²) in [7, 11) is 0. The third kappa shape index (κ3) is 2.73. The molecule has 0 radical (unpaired) electrons. The van der Waals surface area contributed by atoms with Crippen LogP contribution in [0, 0.1) is 5.92 Å². The van der Waals surface area contributed by atoms with Gasteiger partial charge in [0, 0.05) is 11.1 Å². The van der Waals surface area contributed by atoms with Crippen molar-refractivity contribution in [3.63, 3.8) is 0 Å². The van der Waals surface area contributed by atoms with Gasteiger partial charge in [-0.1, -0.05) is 48.1 Å². The molecule has 2 nitrogen and oxygen atoms in total. The molecule has 19 heavy (non-hydrogen) atoms. The molecular formula is C17H18O2. The minimum atomic E-state index is -0.560. The number of hydrogen-bond acceptors (Lipinski definition) is 2. The maximum absolute atomic E-state index is 12.2. The van der Waals surface area contributed by atoms with Crippen LogP contribution >= 0.6 is 0 Å². The van der Waals surface area contributed by atoms with Crippen molar-refractivity contribution in [2.75, 3.05) is 0 Å². The second kappa shape index (κ2) is 5.35. The molecule has 0 spiro atoms. The molecule has 0 heterocycles. The van der Waals surface area contributed by atoms with Gasteiger partial charge in [-0.3, -0.25) is 9.59 Å². The molecule has 0 saturated carbocycles. The molecule has 2 heteroatoms. The van der Waals surface area contributed by atoms with Crippen molar-refractivity contribution in [3.8, 4) is 0 Å². The molecule has 0 atom stereocenters. The van der Waals surface area contributed by atoms with E-state index in [9.17, 15) is 9.59 Å². The lowest BCUT2D eigenvalue weighted by atomic mass is 9.94. The molecule has 1 aromatic rings. The summed E-state index contributed by atoms with van der Waals surface area (Å²) in [6, 6.07) is 7.05. The van der Waals surface area contributed by atoms with Gasteiger partial charge in [-0.15, -0.1) is 0 Å². The Balaban J connectivity index is 2.12. The van der Waals surface area contributed by atoms with Crippen molar-refractivity contribution in [2.45, 2.75) is 26.7 Å². The summed E-state index contributed by atoms with van der Waals surface area (Å²) in [5.41, 5.74) is 3.27. The second-order valence-corrected chi connectivity index (χ2v) is 5.27. The van der Waals surface area contributed by atoms with E-state index >= 15 is 0 Å². The van der Waals surface area contributed by atoms with Crippen LogP contribution in [0.2, 0.25) is 0 Å². The number of carbonyl (C=O) groups is 2. The second-order valence-electron chi connectivity index (χ2n) is 5.27. The number of rotatable bonds is 4. The molecule has 0 aromatic heterocycles. The van der Waals surface area contributed by atoms with Crippen LogP contribution in [-0.2, 0) is 0 Å². The van der Waals surface area contributed by atoms with Crippen LogP contribution in [0.4, 0.5) is 0 Å². The van der Waals surface area contributed by atoms with E-state index < -0.39 is 5.92 Å². The van der Waals surface area contributed by atoms with Crippen molar-refractivity contribution in [1.82, 2.24) is 0 Å². The Bertz CT molecular complexity index is 540. The Kier molecular flexibility index (Phi) is 3.79. The van der Waals surface area contributed by atoms with Gasteiger partial charge in [-0.25, -0.2) is 0 Å². The molecule has 2 rings (SSSR count). The standard InChI is InChI=1S/C17H18O2/c1-11(2)8-9-12(3)10-15-16(18)13-6-4-5-7-14(13)17(15)19/h4-8,15H,3,9-10H2,1-2H3. The predicted molar refractivity (Wildman–Crippen MR) is 76.4 cm³/mol. The summed E-state index contributed by atoms with van der Waals surface area (Å²) in [5.74, 6) is -0.673. The maximum Gasteiger partial charge on any atom is 0.174 e. The molecule has 1 aliphatic rings. The van der Waals surface area contributed by atoms with Gasteiger partial charge in [-0.05, 0) is 26.7 Å². The Morgan fingerprint density at radius 1 is 1.16 bits per heavy atom. The minimum absolute atomic E-state index is 0.0565. The van der Waals surface area contributed by atoms with E-state index in [2.05, 4.69) is 12.7 Å². The van der Waals surface area contributed by atoms with E-state index in [1.807, 2.05) is 13.8 Å². The highest BCUT2D eigenvalue weighted by molar-refractivity contribution is 6.26. The normalized spacial score (nSPS) is 14.4. The number of fused-ring (bicyclic) bond motifs is 1. The van der Waals surface area contributed by atoms with Gasteiger partial charge in [0.1, 0.15) is 0 Å². The van der Waals surface area contributed by atoms with Gasteiger partial charge >= 0.3 is 0 Å². The minimum Gasteiger partial charge on any atom is -0.293 e. The summed E-state index contributed by atoms with van der Waals surface area (Å²) in [6.07, 6.45) is 3.26. The molecule has 0 aliphatic heterocycles. The number of Topliss-reactive ketones (excluding diaryl/α,β-unsaturated/α-hetero) is 2. The zero-order chi connectivity index (χ0) is 14.0.